The molecular weight excluding hydrogens is 310 g/mol. The van der Waals surface area contributed by atoms with Crippen LogP contribution >= 0.6 is 0 Å². The van der Waals surface area contributed by atoms with Gasteiger partial charge in [-0.25, -0.2) is 0 Å². The van der Waals surface area contributed by atoms with E-state index >= 15 is 0 Å². The van der Waals surface area contributed by atoms with Crippen LogP contribution in [-0.2, 0) is 10.1 Å². The molecule has 23 heavy (non-hydrogen) atoms. The van der Waals surface area contributed by atoms with Crippen LogP contribution in [0, 0.1) is 0 Å². The highest BCUT2D eigenvalue weighted by Gasteiger charge is 2.16. The van der Waals surface area contributed by atoms with Crippen LogP contribution in [0.15, 0.2) is 0 Å². The number of rotatable bonds is 13. The summed E-state index contributed by atoms with van der Waals surface area (Å²) in [6, 6.07) is 0. The van der Waals surface area contributed by atoms with Gasteiger partial charge in [0.05, 0.1) is 31.9 Å². The molecule has 4 nitrogen and oxygen atoms in total. The van der Waals surface area contributed by atoms with Gasteiger partial charge in [-0.1, -0.05) is 51.9 Å². The molecule has 0 bridgehead atoms. The average molecular weight is 353 g/mol. The Morgan fingerprint density at radius 2 is 1.00 bits per heavy atom. The van der Waals surface area contributed by atoms with E-state index in [9.17, 15) is 8.42 Å². The summed E-state index contributed by atoms with van der Waals surface area (Å²) in [4.78, 5) is 0. The minimum atomic E-state index is -3.73. The first-order chi connectivity index (χ1) is 10.8. The SMILES string of the molecule is CCCCCCCCCCS(=O)(=O)O.CC[N+](CC)(CC)CC. The van der Waals surface area contributed by atoms with Crippen molar-refractivity contribution < 1.29 is 17.5 Å². The van der Waals surface area contributed by atoms with Crippen LogP contribution < -0.4 is 0 Å². The molecule has 0 radical (unpaired) electrons. The molecule has 1 N–H and O–H groups in total. The van der Waals surface area contributed by atoms with Crippen LogP contribution in [0.2, 0.25) is 0 Å². The van der Waals surface area contributed by atoms with Gasteiger partial charge in [0.1, 0.15) is 0 Å². The summed E-state index contributed by atoms with van der Waals surface area (Å²) in [5.74, 6) is -0.0814. The molecule has 142 valence electrons. The van der Waals surface area contributed by atoms with Crippen molar-refractivity contribution in [2.24, 2.45) is 0 Å². The Bertz CT molecular complexity index is 321. The summed E-state index contributed by atoms with van der Waals surface area (Å²) < 4.78 is 30.5. The van der Waals surface area contributed by atoms with E-state index < -0.39 is 10.1 Å². The largest absolute Gasteiger partial charge is 0.325 e. The van der Waals surface area contributed by atoms with Crippen molar-refractivity contribution in [3.05, 3.63) is 0 Å². The Morgan fingerprint density at radius 3 is 1.26 bits per heavy atom. The summed E-state index contributed by atoms with van der Waals surface area (Å²) in [6.07, 6.45) is 8.85. The smallest absolute Gasteiger partial charge is 0.264 e. The number of unbranched alkanes of at least 4 members (excludes halogenated alkanes) is 7. The second-order valence-electron chi connectivity index (χ2n) is 6.37. The van der Waals surface area contributed by atoms with E-state index in [-0.39, 0.29) is 5.75 Å². The van der Waals surface area contributed by atoms with Gasteiger partial charge in [0, 0.05) is 0 Å². The van der Waals surface area contributed by atoms with Gasteiger partial charge in [0.15, 0.2) is 0 Å². The monoisotopic (exact) mass is 352 g/mol. The third-order valence-corrected chi connectivity index (χ3v) is 5.74. The van der Waals surface area contributed by atoms with Crippen molar-refractivity contribution in [1.29, 1.82) is 0 Å². The molecule has 0 aromatic carbocycles. The molecule has 0 heterocycles. The molecule has 0 spiro atoms. The average Bonchev–Trinajstić information content (AvgIpc) is 2.52. The molecule has 0 saturated heterocycles. The zero-order valence-electron chi connectivity index (χ0n) is 16.3. The summed E-state index contributed by atoms with van der Waals surface area (Å²) in [5.41, 5.74) is 0. The molecule has 0 saturated carbocycles. The highest BCUT2D eigenvalue weighted by molar-refractivity contribution is 7.85. The fourth-order valence-electron chi connectivity index (χ4n) is 2.76. The van der Waals surface area contributed by atoms with E-state index in [2.05, 4.69) is 34.6 Å². The first-order valence-electron chi connectivity index (χ1n) is 9.61. The van der Waals surface area contributed by atoms with Crippen molar-refractivity contribution in [2.75, 3.05) is 31.9 Å². The molecule has 0 aliphatic carbocycles. The lowest BCUT2D eigenvalue weighted by molar-refractivity contribution is -0.921. The number of hydrogen-bond donors (Lipinski definition) is 1. The van der Waals surface area contributed by atoms with E-state index in [4.69, 9.17) is 4.55 Å². The van der Waals surface area contributed by atoms with Crippen LogP contribution in [0.1, 0.15) is 86.0 Å². The van der Waals surface area contributed by atoms with E-state index in [1.54, 1.807) is 0 Å². The Labute approximate surface area is 146 Å². The van der Waals surface area contributed by atoms with Gasteiger partial charge in [0.2, 0.25) is 0 Å². The quantitative estimate of drug-likeness (QED) is 0.291. The maximum Gasteiger partial charge on any atom is 0.264 e. The fraction of sp³-hybridized carbons (Fsp3) is 1.00. The Balaban J connectivity index is 0. The lowest BCUT2D eigenvalue weighted by Crippen LogP contribution is -2.47. The van der Waals surface area contributed by atoms with Gasteiger partial charge >= 0.3 is 0 Å². The van der Waals surface area contributed by atoms with Crippen LogP contribution in [0.4, 0.5) is 0 Å². The highest BCUT2D eigenvalue weighted by atomic mass is 32.2. The van der Waals surface area contributed by atoms with E-state index in [0.717, 1.165) is 12.8 Å². The van der Waals surface area contributed by atoms with E-state index in [0.29, 0.717) is 6.42 Å². The maximum atomic E-state index is 10.4. The zero-order valence-corrected chi connectivity index (χ0v) is 17.1. The van der Waals surface area contributed by atoms with Crippen molar-refractivity contribution in [2.45, 2.75) is 86.0 Å². The van der Waals surface area contributed by atoms with E-state index in [1.807, 2.05) is 0 Å². The van der Waals surface area contributed by atoms with Crippen LogP contribution in [0.5, 0.6) is 0 Å². The van der Waals surface area contributed by atoms with Gasteiger partial charge in [0.25, 0.3) is 10.1 Å². The summed E-state index contributed by atoms with van der Waals surface area (Å²) in [7, 11) is -3.73. The highest BCUT2D eigenvalue weighted by Crippen LogP contribution is 2.08. The number of nitrogens with zero attached hydrogens (tertiary/aromatic N) is 1. The topological polar surface area (TPSA) is 54.4 Å². The number of quaternary nitrogens is 1. The Morgan fingerprint density at radius 1 is 0.652 bits per heavy atom. The second-order valence-corrected chi connectivity index (χ2v) is 7.94. The molecule has 0 aromatic rings. The van der Waals surface area contributed by atoms with Crippen LogP contribution in [0.3, 0.4) is 0 Å². The third-order valence-electron chi connectivity index (χ3n) is 4.94. The van der Waals surface area contributed by atoms with Crippen molar-refractivity contribution in [1.82, 2.24) is 0 Å². The second kappa shape index (κ2) is 15.4. The van der Waals surface area contributed by atoms with Gasteiger partial charge < -0.3 is 4.48 Å². The minimum Gasteiger partial charge on any atom is -0.325 e. The molecule has 0 amide bonds. The summed E-state index contributed by atoms with van der Waals surface area (Å²) >= 11 is 0. The summed E-state index contributed by atoms with van der Waals surface area (Å²) in [6.45, 7) is 16.4. The predicted octanol–water partition coefficient (Wildman–Crippen LogP) is 4.90. The minimum absolute atomic E-state index is 0.0814. The van der Waals surface area contributed by atoms with E-state index in [1.165, 1.54) is 62.8 Å². The fourth-order valence-corrected chi connectivity index (χ4v) is 3.33. The molecular formula is C18H42NO3S+. The van der Waals surface area contributed by atoms with Crippen molar-refractivity contribution >= 4 is 10.1 Å². The lowest BCUT2D eigenvalue weighted by Gasteiger charge is -2.34. The first-order valence-corrected chi connectivity index (χ1v) is 11.2. The molecule has 0 atom stereocenters. The molecule has 0 fully saturated rings. The van der Waals surface area contributed by atoms with Crippen LogP contribution in [-0.4, -0.2) is 49.4 Å². The van der Waals surface area contributed by atoms with Gasteiger partial charge in [-0.05, 0) is 34.1 Å². The zero-order chi connectivity index (χ0) is 18.2. The molecule has 0 unspecified atom stereocenters. The Hall–Kier alpha value is -0.130. The van der Waals surface area contributed by atoms with Gasteiger partial charge in [-0.2, -0.15) is 8.42 Å². The number of hydrogen-bond acceptors (Lipinski definition) is 2. The van der Waals surface area contributed by atoms with Gasteiger partial charge in [-0.3, -0.25) is 4.55 Å². The molecule has 5 heteroatoms. The molecule has 0 aliphatic heterocycles. The van der Waals surface area contributed by atoms with Crippen molar-refractivity contribution in [3.63, 3.8) is 0 Å². The first kappa shape index (κ1) is 25.1. The summed E-state index contributed by atoms with van der Waals surface area (Å²) in [5, 5.41) is 0. The predicted molar refractivity (Wildman–Crippen MR) is 101 cm³/mol. The molecule has 0 aliphatic rings. The van der Waals surface area contributed by atoms with Crippen molar-refractivity contribution in [3.8, 4) is 0 Å². The normalized spacial score (nSPS) is 11.9. The van der Waals surface area contributed by atoms with Gasteiger partial charge in [-0.15, -0.1) is 0 Å². The van der Waals surface area contributed by atoms with Crippen LogP contribution in [0.25, 0.3) is 0 Å². The maximum absolute atomic E-state index is 10.4. The molecule has 0 rings (SSSR count). The Kier molecular flexibility index (Phi) is 16.8. The molecule has 0 aromatic heterocycles. The standard InChI is InChI=1S/C10H22O3S.C8H20N/c1-2-3-4-5-6-7-8-9-10-14(11,12)13;1-5-9(6-2,7-3)8-4/h2-10H2,1H3,(H,11,12,13);5-8H2,1-4H3/q;+1. The lowest BCUT2D eigenvalue weighted by atomic mass is 10.1. The third kappa shape index (κ3) is 16.5.